The molecule has 0 bridgehead atoms. The molecule has 3 N–H and O–H groups in total. The number of benzene rings is 2. The third-order valence-electron chi connectivity index (χ3n) is 6.27. The predicted octanol–water partition coefficient (Wildman–Crippen LogP) is 6.83. The van der Waals surface area contributed by atoms with E-state index in [0.29, 0.717) is 12.2 Å². The lowest BCUT2D eigenvalue weighted by Gasteiger charge is -2.12. The van der Waals surface area contributed by atoms with Crippen molar-refractivity contribution >= 4 is 11.0 Å². The van der Waals surface area contributed by atoms with Crippen LogP contribution in [0.1, 0.15) is 95.1 Å². The van der Waals surface area contributed by atoms with Crippen LogP contribution in [0.2, 0.25) is 0 Å². The van der Waals surface area contributed by atoms with Crippen LogP contribution in [0.5, 0.6) is 5.75 Å². The highest BCUT2D eigenvalue weighted by molar-refractivity contribution is 5.73. The minimum absolute atomic E-state index is 0.269. The van der Waals surface area contributed by atoms with E-state index in [1.165, 1.54) is 75.4 Å². The summed E-state index contributed by atoms with van der Waals surface area (Å²) in [7, 11) is 0. The van der Waals surface area contributed by atoms with Gasteiger partial charge >= 0.3 is 0 Å². The molecule has 0 aliphatic heterocycles. The molecule has 0 amide bonds. The molecule has 0 saturated heterocycles. The van der Waals surface area contributed by atoms with Crippen molar-refractivity contribution in [2.45, 2.75) is 96.9 Å². The summed E-state index contributed by atoms with van der Waals surface area (Å²) in [5.41, 5.74) is 10.1. The number of hydrogen-bond donors (Lipinski definition) is 2. The molecule has 0 unspecified atom stereocenters. The van der Waals surface area contributed by atoms with Gasteiger partial charge in [-0.15, -0.1) is 15.0 Å². The topological polar surface area (TPSA) is 77.0 Å². The fraction of sp³-hybridized carbons (Fsp3) is 0.556. The molecule has 5 nitrogen and oxygen atoms in total. The summed E-state index contributed by atoms with van der Waals surface area (Å²) >= 11 is 0. The van der Waals surface area contributed by atoms with Crippen LogP contribution in [0.25, 0.3) is 16.7 Å². The van der Waals surface area contributed by atoms with Gasteiger partial charge in [0.15, 0.2) is 0 Å². The Labute approximate surface area is 193 Å². The highest BCUT2D eigenvalue weighted by atomic mass is 16.3. The molecule has 1 heterocycles. The zero-order chi connectivity index (χ0) is 22.6. The van der Waals surface area contributed by atoms with E-state index in [9.17, 15) is 5.11 Å². The lowest BCUT2D eigenvalue weighted by molar-refractivity contribution is 0.458. The molecule has 0 atom stereocenters. The van der Waals surface area contributed by atoms with E-state index in [-0.39, 0.29) is 5.75 Å². The number of aromatic nitrogens is 3. The Hall–Kier alpha value is -2.40. The average Bonchev–Trinajstić information content (AvgIpc) is 3.24. The Morgan fingerprint density at radius 2 is 1.31 bits per heavy atom. The largest absolute Gasteiger partial charge is 0.505 e. The molecule has 5 heteroatoms. The van der Waals surface area contributed by atoms with Gasteiger partial charge in [0.2, 0.25) is 0 Å². The van der Waals surface area contributed by atoms with Crippen LogP contribution in [0.3, 0.4) is 0 Å². The van der Waals surface area contributed by atoms with E-state index < -0.39 is 0 Å². The zero-order valence-electron chi connectivity index (χ0n) is 19.7. The summed E-state index contributed by atoms with van der Waals surface area (Å²) in [6.07, 6.45) is 16.8. The van der Waals surface area contributed by atoms with Crippen molar-refractivity contribution in [3.63, 3.8) is 0 Å². The summed E-state index contributed by atoms with van der Waals surface area (Å²) in [5.74, 6) is 0.269. The molecule has 2 aromatic carbocycles. The molecule has 0 fully saturated rings. The maximum atomic E-state index is 10.9. The van der Waals surface area contributed by atoms with Crippen LogP contribution < -0.4 is 5.73 Å². The van der Waals surface area contributed by atoms with Gasteiger partial charge in [-0.3, -0.25) is 0 Å². The van der Waals surface area contributed by atoms with Crippen molar-refractivity contribution in [2.75, 3.05) is 0 Å². The molecule has 0 spiro atoms. The Morgan fingerprint density at radius 3 is 1.84 bits per heavy atom. The van der Waals surface area contributed by atoms with Crippen molar-refractivity contribution in [3.05, 3.63) is 47.5 Å². The molecule has 0 aliphatic rings. The summed E-state index contributed by atoms with van der Waals surface area (Å²) in [4.78, 5) is 1.53. The first-order valence-corrected chi connectivity index (χ1v) is 12.6. The van der Waals surface area contributed by atoms with Gasteiger partial charge in [0.1, 0.15) is 22.5 Å². The van der Waals surface area contributed by atoms with Crippen molar-refractivity contribution in [1.29, 1.82) is 0 Å². The fourth-order valence-corrected chi connectivity index (χ4v) is 4.33. The Bertz CT molecular complexity index is 917. The molecular formula is C27H40N4O. The molecule has 3 aromatic rings. The number of aromatic hydroxyl groups is 1. The molecule has 0 aliphatic carbocycles. The van der Waals surface area contributed by atoms with Gasteiger partial charge < -0.3 is 10.8 Å². The lowest BCUT2D eigenvalue weighted by Crippen LogP contribution is -2.05. The number of phenols is 1. The van der Waals surface area contributed by atoms with Crippen molar-refractivity contribution in [1.82, 2.24) is 15.0 Å². The molecule has 0 saturated carbocycles. The maximum absolute atomic E-state index is 10.9. The second-order valence-electron chi connectivity index (χ2n) is 8.94. The Balaban J connectivity index is 1.46. The summed E-state index contributed by atoms with van der Waals surface area (Å²) in [6.45, 7) is 2.70. The van der Waals surface area contributed by atoms with Gasteiger partial charge in [-0.1, -0.05) is 95.8 Å². The number of fused-ring (bicyclic) bond motifs is 1. The fourth-order valence-electron chi connectivity index (χ4n) is 4.33. The Kier molecular flexibility index (Phi) is 10.0. The monoisotopic (exact) mass is 436 g/mol. The molecule has 3 rings (SSSR count). The second-order valence-corrected chi connectivity index (χ2v) is 8.94. The molecule has 174 valence electrons. The third kappa shape index (κ3) is 7.06. The van der Waals surface area contributed by atoms with Gasteiger partial charge in [0.05, 0.1) is 0 Å². The number of rotatable bonds is 15. The standard InChI is InChI=1S/C27H40N4O/c1-2-3-4-5-6-7-8-9-10-11-12-13-16-23-19-22(21-28)20-26(27(23)32)31-29-24-17-14-15-18-25(24)30-31/h14-15,17-20,32H,2-13,16,21,28H2,1H3. The SMILES string of the molecule is CCCCCCCCCCCCCCc1cc(CN)cc(-n2nc3ccccc3n2)c1O. The van der Waals surface area contributed by atoms with Crippen LogP contribution in [0, 0.1) is 0 Å². The third-order valence-corrected chi connectivity index (χ3v) is 6.27. The Morgan fingerprint density at radius 1 is 0.781 bits per heavy atom. The van der Waals surface area contributed by atoms with Crippen LogP contribution in [0.4, 0.5) is 0 Å². The van der Waals surface area contributed by atoms with Gasteiger partial charge in [-0.05, 0) is 42.2 Å². The molecule has 0 radical (unpaired) electrons. The van der Waals surface area contributed by atoms with E-state index in [1.54, 1.807) is 0 Å². The van der Waals surface area contributed by atoms with Crippen molar-refractivity contribution in [2.24, 2.45) is 5.73 Å². The minimum atomic E-state index is 0.269. The average molecular weight is 437 g/mol. The van der Waals surface area contributed by atoms with Crippen LogP contribution >= 0.6 is 0 Å². The second kappa shape index (κ2) is 13.2. The number of hydrogen-bond acceptors (Lipinski definition) is 4. The van der Waals surface area contributed by atoms with Gasteiger partial charge in [-0.2, -0.15) is 0 Å². The first-order chi connectivity index (χ1) is 15.7. The predicted molar refractivity (Wildman–Crippen MR) is 133 cm³/mol. The quantitative estimate of drug-likeness (QED) is 0.256. The number of unbranched alkanes of at least 4 members (excludes halogenated alkanes) is 11. The first kappa shape index (κ1) is 24.2. The highest BCUT2D eigenvalue weighted by Crippen LogP contribution is 2.29. The van der Waals surface area contributed by atoms with Crippen LogP contribution in [-0.4, -0.2) is 20.1 Å². The molecular weight excluding hydrogens is 396 g/mol. The number of aryl methyl sites for hydroxylation is 1. The number of phenolic OH excluding ortho intramolecular Hbond substituents is 1. The van der Waals surface area contributed by atoms with Crippen LogP contribution in [-0.2, 0) is 13.0 Å². The highest BCUT2D eigenvalue weighted by Gasteiger charge is 2.14. The van der Waals surface area contributed by atoms with Gasteiger partial charge in [-0.25, -0.2) is 0 Å². The van der Waals surface area contributed by atoms with E-state index in [1.807, 2.05) is 36.4 Å². The van der Waals surface area contributed by atoms with Crippen molar-refractivity contribution < 1.29 is 5.11 Å². The number of nitrogens with zero attached hydrogens (tertiary/aromatic N) is 3. The zero-order valence-corrected chi connectivity index (χ0v) is 19.7. The van der Waals surface area contributed by atoms with Crippen LogP contribution in [0.15, 0.2) is 36.4 Å². The summed E-state index contributed by atoms with van der Waals surface area (Å²) in [5, 5.41) is 20.0. The van der Waals surface area contributed by atoms with E-state index >= 15 is 0 Å². The molecule has 1 aromatic heterocycles. The maximum Gasteiger partial charge on any atom is 0.146 e. The summed E-state index contributed by atoms with van der Waals surface area (Å²) in [6, 6.07) is 11.7. The van der Waals surface area contributed by atoms with Gasteiger partial charge in [0.25, 0.3) is 0 Å². The van der Waals surface area contributed by atoms with E-state index in [0.717, 1.165) is 35.0 Å². The van der Waals surface area contributed by atoms with E-state index in [4.69, 9.17) is 5.73 Å². The van der Waals surface area contributed by atoms with E-state index in [2.05, 4.69) is 17.1 Å². The minimum Gasteiger partial charge on any atom is -0.505 e. The number of nitrogens with two attached hydrogens (primary N) is 1. The van der Waals surface area contributed by atoms with Gasteiger partial charge in [0, 0.05) is 6.54 Å². The molecule has 32 heavy (non-hydrogen) atoms. The normalized spacial score (nSPS) is 11.4. The smallest absolute Gasteiger partial charge is 0.146 e. The first-order valence-electron chi connectivity index (χ1n) is 12.6. The lowest BCUT2D eigenvalue weighted by atomic mass is 10.0. The summed E-state index contributed by atoms with van der Waals surface area (Å²) < 4.78 is 0. The van der Waals surface area contributed by atoms with Crippen molar-refractivity contribution in [3.8, 4) is 11.4 Å².